The van der Waals surface area contributed by atoms with Crippen LogP contribution < -0.4 is 15.4 Å². The lowest BCUT2D eigenvalue weighted by Crippen LogP contribution is -2.47. The fourth-order valence-corrected chi connectivity index (χ4v) is 4.52. The van der Waals surface area contributed by atoms with Gasteiger partial charge in [0.15, 0.2) is 11.6 Å². The molecule has 1 saturated carbocycles. The third kappa shape index (κ3) is 7.34. The second-order valence-electron chi connectivity index (χ2n) is 10.5. The molecule has 0 saturated heterocycles. The molecule has 1 aliphatic carbocycles. The van der Waals surface area contributed by atoms with Crippen molar-refractivity contribution in [1.29, 1.82) is 0 Å². The number of aryl methyl sites for hydroxylation is 1. The zero-order valence-corrected chi connectivity index (χ0v) is 22.6. The zero-order valence-electron chi connectivity index (χ0n) is 22.6. The number of carbonyl (C=O) groups excluding carboxylic acids is 2. The maximum atomic E-state index is 13.6. The van der Waals surface area contributed by atoms with E-state index in [2.05, 4.69) is 31.0 Å². The van der Waals surface area contributed by atoms with Gasteiger partial charge in [0.1, 0.15) is 11.3 Å². The normalized spacial score (nSPS) is 17.5. The summed E-state index contributed by atoms with van der Waals surface area (Å²) in [7, 11) is 1.38. The molecule has 0 spiro atoms. The summed E-state index contributed by atoms with van der Waals surface area (Å²) in [4.78, 5) is 30.7. The molecule has 1 fully saturated rings. The molecule has 2 heterocycles. The molecule has 0 radical (unpaired) electrons. The molecular formula is C27H34FN7O4. The summed E-state index contributed by atoms with van der Waals surface area (Å²) in [6, 6.07) is 7.86. The Balaban J connectivity index is 1.35. The van der Waals surface area contributed by atoms with Crippen molar-refractivity contribution in [1.82, 2.24) is 35.8 Å². The molecule has 0 aliphatic heterocycles. The Morgan fingerprint density at radius 1 is 1.18 bits per heavy atom. The second kappa shape index (κ2) is 11.9. The topological polar surface area (TPSA) is 144 Å². The highest BCUT2D eigenvalue weighted by molar-refractivity contribution is 5.93. The van der Waals surface area contributed by atoms with Crippen LogP contribution in [-0.4, -0.2) is 60.9 Å². The number of tetrazole rings is 1. The van der Waals surface area contributed by atoms with Crippen LogP contribution in [0, 0.1) is 18.7 Å². The van der Waals surface area contributed by atoms with Crippen LogP contribution in [0.2, 0.25) is 0 Å². The second-order valence-corrected chi connectivity index (χ2v) is 10.5. The van der Waals surface area contributed by atoms with Gasteiger partial charge in [-0.2, -0.15) is 4.80 Å². The number of nitrogens with one attached hydrogen (secondary N) is 2. The number of rotatable bonds is 9. The molecule has 1 aromatic carbocycles. The van der Waals surface area contributed by atoms with E-state index >= 15 is 0 Å². The fourth-order valence-electron chi connectivity index (χ4n) is 4.52. The Kier molecular flexibility index (Phi) is 8.54. The van der Waals surface area contributed by atoms with E-state index in [4.69, 9.17) is 4.74 Å². The zero-order chi connectivity index (χ0) is 28.2. The van der Waals surface area contributed by atoms with Crippen molar-refractivity contribution in [3.63, 3.8) is 0 Å². The minimum atomic E-state index is -1.39. The van der Waals surface area contributed by atoms with Gasteiger partial charge >= 0.3 is 0 Å². The molecule has 4 rings (SSSR count). The largest absolute Gasteiger partial charge is 0.494 e. The van der Waals surface area contributed by atoms with E-state index in [1.807, 2.05) is 0 Å². The smallest absolute Gasteiger partial charge is 0.270 e. The van der Waals surface area contributed by atoms with Gasteiger partial charge in [-0.1, -0.05) is 6.07 Å². The number of hydrogen-bond acceptors (Lipinski definition) is 8. The first-order chi connectivity index (χ1) is 18.5. The minimum Gasteiger partial charge on any atom is -0.494 e. The predicted molar refractivity (Wildman–Crippen MR) is 140 cm³/mol. The van der Waals surface area contributed by atoms with Crippen LogP contribution in [-0.2, 0) is 17.9 Å². The van der Waals surface area contributed by atoms with Crippen molar-refractivity contribution in [3.8, 4) is 17.1 Å². The van der Waals surface area contributed by atoms with Crippen LogP contribution in [0.1, 0.15) is 61.3 Å². The van der Waals surface area contributed by atoms with E-state index in [1.54, 1.807) is 29.9 Å². The first-order valence-corrected chi connectivity index (χ1v) is 12.9. The lowest BCUT2D eigenvalue weighted by molar-refractivity contribution is -0.137. The quantitative estimate of drug-likeness (QED) is 0.376. The summed E-state index contributed by atoms with van der Waals surface area (Å²) in [6.07, 6.45) is 3.43. The van der Waals surface area contributed by atoms with Gasteiger partial charge in [-0.05, 0) is 87.4 Å². The van der Waals surface area contributed by atoms with Gasteiger partial charge in [-0.25, -0.2) is 9.37 Å². The predicted octanol–water partition coefficient (Wildman–Crippen LogP) is 2.57. The molecule has 0 atom stereocenters. The SMILES string of the molecule is COc1cc(CNC(=O)c2cc(-c3nnn(CC4CCC(NC(=O)C(C)(C)O)CC4)n3)cc(C)n2)ccc1F. The van der Waals surface area contributed by atoms with Crippen LogP contribution >= 0.6 is 0 Å². The lowest BCUT2D eigenvalue weighted by Gasteiger charge is -2.30. The van der Waals surface area contributed by atoms with E-state index in [-0.39, 0.29) is 35.8 Å². The van der Waals surface area contributed by atoms with E-state index in [0.717, 1.165) is 25.7 Å². The molecule has 12 heteroatoms. The number of aliphatic hydroxyl groups is 1. The minimum absolute atomic E-state index is 0.0499. The Morgan fingerprint density at radius 2 is 1.92 bits per heavy atom. The summed E-state index contributed by atoms with van der Waals surface area (Å²) < 4.78 is 18.6. The van der Waals surface area contributed by atoms with Gasteiger partial charge in [0.05, 0.1) is 13.7 Å². The highest BCUT2D eigenvalue weighted by atomic mass is 19.1. The molecule has 0 bridgehead atoms. The van der Waals surface area contributed by atoms with E-state index in [1.165, 1.54) is 33.1 Å². The highest BCUT2D eigenvalue weighted by Gasteiger charge is 2.29. The number of carbonyl (C=O) groups is 2. The van der Waals surface area contributed by atoms with Crippen molar-refractivity contribution >= 4 is 11.8 Å². The standard InChI is InChI=1S/C27H34FN7O4/c1-16-11-19(13-22(30-16)25(36)29-14-18-7-10-21(28)23(12-18)39-4)24-32-34-35(33-24)15-17-5-8-20(9-6-17)31-26(37)27(2,3)38/h7,10-13,17,20,38H,5-6,8-9,14-15H2,1-4H3,(H,29,36)(H,31,37). The maximum Gasteiger partial charge on any atom is 0.270 e. The highest BCUT2D eigenvalue weighted by Crippen LogP contribution is 2.26. The molecule has 2 amide bonds. The Labute approximate surface area is 226 Å². The summed E-state index contributed by atoms with van der Waals surface area (Å²) in [5, 5.41) is 28.5. The third-order valence-electron chi connectivity index (χ3n) is 6.72. The van der Waals surface area contributed by atoms with Crippen molar-refractivity contribution in [2.45, 2.75) is 71.2 Å². The Morgan fingerprint density at radius 3 is 2.62 bits per heavy atom. The summed E-state index contributed by atoms with van der Waals surface area (Å²) >= 11 is 0. The number of hydrogen-bond donors (Lipinski definition) is 3. The van der Waals surface area contributed by atoms with Crippen LogP contribution in [0.4, 0.5) is 4.39 Å². The molecule has 0 unspecified atom stereocenters. The molecule has 208 valence electrons. The van der Waals surface area contributed by atoms with Crippen LogP contribution in [0.25, 0.3) is 11.4 Å². The van der Waals surface area contributed by atoms with Gasteiger partial charge in [0.2, 0.25) is 5.82 Å². The number of pyridine rings is 1. The number of ether oxygens (including phenoxy) is 1. The number of benzene rings is 1. The number of aromatic nitrogens is 5. The molecule has 3 N–H and O–H groups in total. The van der Waals surface area contributed by atoms with Crippen LogP contribution in [0.3, 0.4) is 0 Å². The van der Waals surface area contributed by atoms with E-state index in [9.17, 15) is 19.1 Å². The first-order valence-electron chi connectivity index (χ1n) is 12.9. The summed E-state index contributed by atoms with van der Waals surface area (Å²) in [5.41, 5.74) is 0.763. The van der Waals surface area contributed by atoms with Gasteiger partial charge in [0, 0.05) is 23.8 Å². The van der Waals surface area contributed by atoms with Crippen molar-refractivity contribution in [2.24, 2.45) is 5.92 Å². The van der Waals surface area contributed by atoms with Gasteiger partial charge in [-0.3, -0.25) is 9.59 Å². The average Bonchev–Trinajstić information content (AvgIpc) is 3.36. The Bertz CT molecular complexity index is 1330. The molecule has 3 aromatic rings. The van der Waals surface area contributed by atoms with Crippen LogP contribution in [0.5, 0.6) is 5.75 Å². The molecule has 2 aromatic heterocycles. The number of halogens is 1. The van der Waals surface area contributed by atoms with Gasteiger partial charge in [0.25, 0.3) is 11.8 Å². The molecule has 11 nitrogen and oxygen atoms in total. The molecule has 39 heavy (non-hydrogen) atoms. The molecule has 1 aliphatic rings. The maximum absolute atomic E-state index is 13.6. The molecular weight excluding hydrogens is 505 g/mol. The van der Waals surface area contributed by atoms with Crippen molar-refractivity contribution in [3.05, 3.63) is 53.1 Å². The van der Waals surface area contributed by atoms with Gasteiger partial charge < -0.3 is 20.5 Å². The monoisotopic (exact) mass is 539 g/mol. The fraction of sp³-hybridized carbons (Fsp3) is 0.481. The number of amides is 2. The van der Waals surface area contributed by atoms with Crippen molar-refractivity contribution in [2.75, 3.05) is 7.11 Å². The Hall–Kier alpha value is -3.93. The summed E-state index contributed by atoms with van der Waals surface area (Å²) in [6.45, 7) is 5.52. The number of nitrogens with zero attached hydrogens (tertiary/aromatic N) is 5. The first kappa shape index (κ1) is 28.1. The third-order valence-corrected chi connectivity index (χ3v) is 6.72. The van der Waals surface area contributed by atoms with Crippen LogP contribution in [0.15, 0.2) is 30.3 Å². The van der Waals surface area contributed by atoms with Gasteiger partial charge in [-0.15, -0.1) is 10.2 Å². The number of methoxy groups -OCH3 is 1. The van der Waals surface area contributed by atoms with Crippen molar-refractivity contribution < 1.29 is 23.8 Å². The average molecular weight is 540 g/mol. The van der Waals surface area contributed by atoms with E-state index in [0.29, 0.717) is 35.1 Å². The summed E-state index contributed by atoms with van der Waals surface area (Å²) in [5.74, 6) is -0.371. The lowest BCUT2D eigenvalue weighted by atomic mass is 9.86. The van der Waals surface area contributed by atoms with E-state index < -0.39 is 11.4 Å².